The number of halogens is 2. The zero-order valence-corrected chi connectivity index (χ0v) is 14.1. The van der Waals surface area contributed by atoms with Gasteiger partial charge in [-0.25, -0.2) is 9.37 Å². The van der Waals surface area contributed by atoms with Crippen molar-refractivity contribution in [3.63, 3.8) is 0 Å². The predicted octanol–water partition coefficient (Wildman–Crippen LogP) is 3.79. The zero-order valence-electron chi connectivity index (χ0n) is 12.5. The molecule has 1 N–H and O–H groups in total. The maximum atomic E-state index is 12.9. The number of nitrogens with one attached hydrogen (secondary N) is 1. The molecule has 122 valence electrons. The molecular weight excluding hydrogens is 367 g/mol. The molecule has 0 aliphatic heterocycles. The van der Waals surface area contributed by atoms with Gasteiger partial charge in [0.25, 0.3) is 0 Å². The minimum Gasteiger partial charge on any atom is -0.497 e. The summed E-state index contributed by atoms with van der Waals surface area (Å²) in [7, 11) is 1.60. The fourth-order valence-corrected chi connectivity index (χ4v) is 2.22. The Morgan fingerprint density at radius 2 is 2.00 bits per heavy atom. The van der Waals surface area contributed by atoms with Gasteiger partial charge in [0.1, 0.15) is 23.1 Å². The second-order valence-electron chi connectivity index (χ2n) is 4.66. The van der Waals surface area contributed by atoms with Crippen molar-refractivity contribution in [2.24, 2.45) is 0 Å². The van der Waals surface area contributed by atoms with Crippen molar-refractivity contribution in [1.29, 1.82) is 0 Å². The van der Waals surface area contributed by atoms with E-state index in [0.29, 0.717) is 29.1 Å². The van der Waals surface area contributed by atoms with Gasteiger partial charge in [0.05, 0.1) is 24.4 Å². The summed E-state index contributed by atoms with van der Waals surface area (Å²) in [5, 5.41) is 2.62. The number of nitrogens with zero attached hydrogens (tertiary/aromatic N) is 1. The third-order valence-electron chi connectivity index (χ3n) is 2.94. The summed E-state index contributed by atoms with van der Waals surface area (Å²) in [6.07, 6.45) is 1.88. The van der Waals surface area contributed by atoms with Crippen LogP contribution < -0.4 is 14.8 Å². The first-order valence-corrected chi connectivity index (χ1v) is 7.75. The highest BCUT2D eigenvalue weighted by Crippen LogP contribution is 2.20. The Labute approximate surface area is 142 Å². The highest BCUT2D eigenvalue weighted by molar-refractivity contribution is 9.10. The molecule has 5 nitrogen and oxygen atoms in total. The van der Waals surface area contributed by atoms with Crippen LogP contribution in [-0.4, -0.2) is 24.6 Å². The predicted molar refractivity (Wildman–Crippen MR) is 88.2 cm³/mol. The van der Waals surface area contributed by atoms with Crippen molar-refractivity contribution in [3.05, 3.63) is 46.8 Å². The van der Waals surface area contributed by atoms with Crippen LogP contribution in [0.2, 0.25) is 0 Å². The minimum absolute atomic E-state index is 0.205. The van der Waals surface area contributed by atoms with Gasteiger partial charge in [-0.05, 0) is 52.7 Å². The molecule has 0 saturated carbocycles. The number of carbonyl (C=O) groups excluding carboxylic acids is 1. The van der Waals surface area contributed by atoms with Crippen LogP contribution in [0.4, 0.5) is 10.2 Å². The number of amides is 1. The Kier molecular flexibility index (Phi) is 6.34. The van der Waals surface area contributed by atoms with Crippen molar-refractivity contribution >= 4 is 27.7 Å². The van der Waals surface area contributed by atoms with Gasteiger partial charge in [-0.1, -0.05) is 0 Å². The van der Waals surface area contributed by atoms with Crippen molar-refractivity contribution in [3.8, 4) is 11.5 Å². The molecule has 1 heterocycles. The second-order valence-corrected chi connectivity index (χ2v) is 5.51. The Balaban J connectivity index is 1.72. The molecule has 0 radical (unpaired) electrons. The standard InChI is InChI=1S/C16H16BrFN2O3/c1-22-12-4-6-13(7-5-12)23-8-2-3-15(21)20-16-14(17)9-11(18)10-19-16/h4-7,9-10H,2-3,8H2,1H3,(H,19,20,21). The lowest BCUT2D eigenvalue weighted by Gasteiger charge is -2.08. The number of rotatable bonds is 7. The SMILES string of the molecule is COc1ccc(OCCCC(=O)Nc2ncc(F)cc2Br)cc1. The molecular formula is C16H16BrFN2O3. The normalized spacial score (nSPS) is 10.2. The van der Waals surface area contributed by atoms with Crippen LogP contribution in [-0.2, 0) is 4.79 Å². The summed E-state index contributed by atoms with van der Waals surface area (Å²) in [6.45, 7) is 0.414. The van der Waals surface area contributed by atoms with E-state index in [2.05, 4.69) is 26.2 Å². The molecule has 0 aliphatic rings. The Morgan fingerprint density at radius 1 is 1.30 bits per heavy atom. The van der Waals surface area contributed by atoms with Crippen LogP contribution in [0.5, 0.6) is 11.5 Å². The number of carbonyl (C=O) groups is 1. The molecule has 0 unspecified atom stereocenters. The van der Waals surface area contributed by atoms with E-state index in [1.807, 2.05) is 0 Å². The summed E-state index contributed by atoms with van der Waals surface area (Å²) in [5.41, 5.74) is 0. The lowest BCUT2D eigenvalue weighted by atomic mass is 10.3. The Hall–Kier alpha value is -2.15. The molecule has 1 aromatic carbocycles. The van der Waals surface area contributed by atoms with Crippen LogP contribution in [0.25, 0.3) is 0 Å². The molecule has 1 aromatic heterocycles. The lowest BCUT2D eigenvalue weighted by molar-refractivity contribution is -0.116. The monoisotopic (exact) mass is 382 g/mol. The van der Waals surface area contributed by atoms with Crippen molar-refractivity contribution in [2.75, 3.05) is 19.0 Å². The first-order valence-electron chi connectivity index (χ1n) is 6.96. The van der Waals surface area contributed by atoms with E-state index in [1.165, 1.54) is 6.07 Å². The molecule has 1 amide bonds. The summed E-state index contributed by atoms with van der Waals surface area (Å²) in [5.74, 6) is 1.10. The van der Waals surface area contributed by atoms with Gasteiger partial charge in [-0.3, -0.25) is 4.79 Å². The number of pyridine rings is 1. The molecule has 0 aliphatic carbocycles. The van der Waals surface area contributed by atoms with Crippen LogP contribution >= 0.6 is 15.9 Å². The van der Waals surface area contributed by atoms with Gasteiger partial charge in [0.2, 0.25) is 5.91 Å². The maximum absolute atomic E-state index is 12.9. The van der Waals surface area contributed by atoms with Crippen LogP contribution in [0.15, 0.2) is 41.0 Å². The molecule has 0 saturated heterocycles. The number of anilines is 1. The maximum Gasteiger partial charge on any atom is 0.225 e. The van der Waals surface area contributed by atoms with E-state index >= 15 is 0 Å². The molecule has 2 aromatic rings. The molecule has 0 spiro atoms. The topological polar surface area (TPSA) is 60.5 Å². The first-order chi connectivity index (χ1) is 11.1. The number of benzene rings is 1. The largest absolute Gasteiger partial charge is 0.497 e. The zero-order chi connectivity index (χ0) is 16.7. The molecule has 0 atom stereocenters. The van der Waals surface area contributed by atoms with E-state index in [0.717, 1.165) is 11.9 Å². The van der Waals surface area contributed by atoms with E-state index in [4.69, 9.17) is 9.47 Å². The average Bonchev–Trinajstić information content (AvgIpc) is 2.55. The molecule has 7 heteroatoms. The van der Waals surface area contributed by atoms with E-state index in [1.54, 1.807) is 31.4 Å². The molecule has 0 bridgehead atoms. The van der Waals surface area contributed by atoms with E-state index in [9.17, 15) is 9.18 Å². The lowest BCUT2D eigenvalue weighted by Crippen LogP contribution is -2.14. The molecule has 23 heavy (non-hydrogen) atoms. The smallest absolute Gasteiger partial charge is 0.225 e. The quantitative estimate of drug-likeness (QED) is 0.740. The van der Waals surface area contributed by atoms with E-state index < -0.39 is 5.82 Å². The highest BCUT2D eigenvalue weighted by Gasteiger charge is 2.08. The van der Waals surface area contributed by atoms with Crippen molar-refractivity contribution < 1.29 is 18.7 Å². The molecule has 0 fully saturated rings. The van der Waals surface area contributed by atoms with Crippen LogP contribution in [0, 0.1) is 5.82 Å². The van der Waals surface area contributed by atoms with Crippen molar-refractivity contribution in [2.45, 2.75) is 12.8 Å². The number of hydrogen-bond acceptors (Lipinski definition) is 4. The molecule has 2 rings (SSSR count). The Bertz CT molecular complexity index is 665. The second kappa shape index (κ2) is 8.47. The third kappa shape index (κ3) is 5.52. The fourth-order valence-electron chi connectivity index (χ4n) is 1.80. The van der Waals surface area contributed by atoms with Gasteiger partial charge < -0.3 is 14.8 Å². The highest BCUT2D eigenvalue weighted by atomic mass is 79.9. The van der Waals surface area contributed by atoms with Gasteiger partial charge in [-0.2, -0.15) is 0 Å². The van der Waals surface area contributed by atoms with Gasteiger partial charge in [0.15, 0.2) is 0 Å². The third-order valence-corrected chi connectivity index (χ3v) is 3.55. The first kappa shape index (κ1) is 17.2. The average molecular weight is 383 g/mol. The number of methoxy groups -OCH3 is 1. The van der Waals surface area contributed by atoms with Crippen molar-refractivity contribution in [1.82, 2.24) is 4.98 Å². The fraction of sp³-hybridized carbons (Fsp3) is 0.250. The summed E-state index contributed by atoms with van der Waals surface area (Å²) in [6, 6.07) is 8.46. The summed E-state index contributed by atoms with van der Waals surface area (Å²) in [4.78, 5) is 15.6. The van der Waals surface area contributed by atoms with Gasteiger partial charge in [-0.15, -0.1) is 0 Å². The van der Waals surface area contributed by atoms with Gasteiger partial charge in [0, 0.05) is 6.42 Å². The van der Waals surface area contributed by atoms with E-state index in [-0.39, 0.29) is 12.3 Å². The van der Waals surface area contributed by atoms with Crippen LogP contribution in [0.3, 0.4) is 0 Å². The minimum atomic E-state index is -0.470. The van der Waals surface area contributed by atoms with Gasteiger partial charge >= 0.3 is 0 Å². The van der Waals surface area contributed by atoms with Crippen LogP contribution in [0.1, 0.15) is 12.8 Å². The Morgan fingerprint density at radius 3 is 2.65 bits per heavy atom. The number of ether oxygens (including phenoxy) is 2. The summed E-state index contributed by atoms with van der Waals surface area (Å²) >= 11 is 3.15. The summed E-state index contributed by atoms with van der Waals surface area (Å²) < 4.78 is 23.9. The number of aromatic nitrogens is 1. The number of hydrogen-bond donors (Lipinski definition) is 1.